The highest BCUT2D eigenvalue weighted by Gasteiger charge is 2.43. The van der Waals surface area contributed by atoms with Gasteiger partial charge in [-0.3, -0.25) is 19.2 Å². The third kappa shape index (κ3) is 3.11. The summed E-state index contributed by atoms with van der Waals surface area (Å²) in [5.41, 5.74) is 1.53. The van der Waals surface area contributed by atoms with Crippen LogP contribution in [-0.4, -0.2) is 71.1 Å². The molecule has 0 aromatic carbocycles. The van der Waals surface area contributed by atoms with Gasteiger partial charge in [-0.05, 0) is 37.7 Å². The first-order valence-corrected chi connectivity index (χ1v) is 11.0. The van der Waals surface area contributed by atoms with Crippen molar-refractivity contribution in [1.82, 2.24) is 14.7 Å². The Morgan fingerprint density at radius 1 is 1.07 bits per heavy atom. The lowest BCUT2D eigenvalue weighted by Gasteiger charge is -2.33. The minimum Gasteiger partial charge on any atom is -0.335 e. The van der Waals surface area contributed by atoms with Crippen LogP contribution >= 0.6 is 11.3 Å². The number of carbonyl (C=O) groups is 4. The zero-order valence-corrected chi connectivity index (χ0v) is 17.2. The summed E-state index contributed by atoms with van der Waals surface area (Å²) in [6.45, 7) is 1.68. The molecule has 1 atom stereocenters. The number of fused-ring (bicyclic) bond motifs is 3. The van der Waals surface area contributed by atoms with E-state index in [1.165, 1.54) is 16.2 Å². The van der Waals surface area contributed by atoms with E-state index < -0.39 is 0 Å². The number of amides is 4. The van der Waals surface area contributed by atoms with Crippen LogP contribution in [0.1, 0.15) is 46.5 Å². The van der Waals surface area contributed by atoms with Gasteiger partial charge in [0.25, 0.3) is 5.91 Å². The number of carbonyl (C=O) groups excluding carboxylic acids is 4. The van der Waals surface area contributed by atoms with Gasteiger partial charge in [-0.2, -0.15) is 0 Å². The maximum Gasteiger partial charge on any atom is 0.257 e. The van der Waals surface area contributed by atoms with Crippen LogP contribution in [0.25, 0.3) is 0 Å². The Bertz CT molecular complexity index is 922. The molecule has 3 aliphatic heterocycles. The number of likely N-dealkylation sites (tertiary alicyclic amines) is 1. The number of anilines is 1. The lowest BCUT2D eigenvalue weighted by atomic mass is 10.0. The van der Waals surface area contributed by atoms with Crippen LogP contribution in [0.2, 0.25) is 0 Å². The first-order chi connectivity index (χ1) is 13.9. The minimum atomic E-state index is -0.352. The second-order valence-electron chi connectivity index (χ2n) is 8.39. The smallest absolute Gasteiger partial charge is 0.257 e. The van der Waals surface area contributed by atoms with Crippen molar-refractivity contribution >= 4 is 40.0 Å². The molecule has 0 unspecified atom stereocenters. The van der Waals surface area contributed by atoms with Crippen molar-refractivity contribution < 1.29 is 19.2 Å². The van der Waals surface area contributed by atoms with Crippen LogP contribution in [0.3, 0.4) is 0 Å². The summed E-state index contributed by atoms with van der Waals surface area (Å²) in [5, 5.41) is 3.43. The minimum absolute atomic E-state index is 0.0122. The molecule has 9 heteroatoms. The lowest BCUT2D eigenvalue weighted by Crippen LogP contribution is -2.49. The number of hydrogen-bond acceptors (Lipinski definition) is 5. The highest BCUT2D eigenvalue weighted by Crippen LogP contribution is 2.39. The van der Waals surface area contributed by atoms with E-state index in [1.807, 2.05) is 4.90 Å². The van der Waals surface area contributed by atoms with Crippen molar-refractivity contribution in [3.63, 3.8) is 0 Å². The molecule has 154 valence electrons. The Kier molecular flexibility index (Phi) is 4.38. The molecule has 0 spiro atoms. The van der Waals surface area contributed by atoms with Gasteiger partial charge >= 0.3 is 0 Å². The fourth-order valence-electron chi connectivity index (χ4n) is 4.61. The van der Waals surface area contributed by atoms with Crippen molar-refractivity contribution in [3.8, 4) is 0 Å². The number of hydrogen-bond donors (Lipinski definition) is 1. The zero-order chi connectivity index (χ0) is 20.3. The Morgan fingerprint density at radius 2 is 1.86 bits per heavy atom. The molecule has 1 N–H and O–H groups in total. The Labute approximate surface area is 172 Å². The molecule has 1 aromatic heterocycles. The van der Waals surface area contributed by atoms with Gasteiger partial charge in [0.1, 0.15) is 11.0 Å². The van der Waals surface area contributed by atoms with Crippen LogP contribution in [0.15, 0.2) is 0 Å². The molecular formula is C20H24N4O4S. The summed E-state index contributed by atoms with van der Waals surface area (Å²) >= 11 is 1.39. The van der Waals surface area contributed by atoms with Gasteiger partial charge in [0.2, 0.25) is 17.7 Å². The van der Waals surface area contributed by atoms with Crippen molar-refractivity contribution in [2.75, 3.05) is 32.0 Å². The average molecular weight is 417 g/mol. The Morgan fingerprint density at radius 3 is 2.62 bits per heavy atom. The summed E-state index contributed by atoms with van der Waals surface area (Å²) in [6, 6.07) is -0.352. The molecule has 1 saturated heterocycles. The van der Waals surface area contributed by atoms with Crippen LogP contribution < -0.4 is 5.32 Å². The van der Waals surface area contributed by atoms with Crippen LogP contribution in [0.4, 0.5) is 5.00 Å². The van der Waals surface area contributed by atoms with Crippen LogP contribution in [0, 0.1) is 5.92 Å². The van der Waals surface area contributed by atoms with Gasteiger partial charge in [-0.25, -0.2) is 0 Å². The highest BCUT2D eigenvalue weighted by atomic mass is 32.1. The zero-order valence-electron chi connectivity index (χ0n) is 16.4. The monoisotopic (exact) mass is 416 g/mol. The molecule has 4 aliphatic rings. The molecule has 0 radical (unpaired) electrons. The lowest BCUT2D eigenvalue weighted by molar-refractivity contribution is -0.145. The summed E-state index contributed by atoms with van der Waals surface area (Å²) in [6.07, 6.45) is 4.07. The predicted molar refractivity (Wildman–Crippen MR) is 106 cm³/mol. The SMILES string of the molecule is CN1CC(=O)Nc2sc3c(c2C1=O)CCN(C(=O)[C@@H]1CCCN1C(=O)C1CC1)C3. The van der Waals surface area contributed by atoms with E-state index in [2.05, 4.69) is 5.32 Å². The molecule has 5 rings (SSSR count). The molecule has 2 fully saturated rings. The molecule has 0 bridgehead atoms. The number of rotatable bonds is 2. The second kappa shape index (κ2) is 6.83. The summed E-state index contributed by atoms with van der Waals surface area (Å²) in [5.74, 6) is -0.0779. The van der Waals surface area contributed by atoms with E-state index in [0.29, 0.717) is 36.6 Å². The summed E-state index contributed by atoms with van der Waals surface area (Å²) in [4.78, 5) is 56.5. The van der Waals surface area contributed by atoms with E-state index in [-0.39, 0.29) is 42.1 Å². The summed E-state index contributed by atoms with van der Waals surface area (Å²) < 4.78 is 0. The third-order valence-electron chi connectivity index (χ3n) is 6.31. The number of nitrogens with one attached hydrogen (secondary N) is 1. The van der Waals surface area contributed by atoms with E-state index in [4.69, 9.17) is 0 Å². The second-order valence-corrected chi connectivity index (χ2v) is 9.50. The Hall–Kier alpha value is -2.42. The van der Waals surface area contributed by atoms with E-state index >= 15 is 0 Å². The maximum atomic E-state index is 13.2. The first kappa shape index (κ1) is 18.6. The molecule has 1 aromatic rings. The Balaban J connectivity index is 1.37. The highest BCUT2D eigenvalue weighted by molar-refractivity contribution is 7.17. The van der Waals surface area contributed by atoms with Crippen molar-refractivity contribution in [2.45, 2.75) is 44.7 Å². The number of thiophene rings is 1. The molecule has 4 heterocycles. The fourth-order valence-corrected chi connectivity index (χ4v) is 5.88. The van der Waals surface area contributed by atoms with Crippen LogP contribution in [0.5, 0.6) is 0 Å². The maximum absolute atomic E-state index is 13.2. The third-order valence-corrected chi connectivity index (χ3v) is 7.44. The van der Waals surface area contributed by atoms with E-state index in [9.17, 15) is 19.2 Å². The van der Waals surface area contributed by atoms with Crippen molar-refractivity contribution in [2.24, 2.45) is 5.92 Å². The van der Waals surface area contributed by atoms with Gasteiger partial charge in [-0.15, -0.1) is 11.3 Å². The molecule has 29 heavy (non-hydrogen) atoms. The van der Waals surface area contributed by atoms with Gasteiger partial charge in [0, 0.05) is 30.9 Å². The van der Waals surface area contributed by atoms with Crippen molar-refractivity contribution in [3.05, 3.63) is 16.0 Å². The molecule has 1 saturated carbocycles. The van der Waals surface area contributed by atoms with E-state index in [0.717, 1.165) is 36.1 Å². The first-order valence-electron chi connectivity index (χ1n) is 10.2. The van der Waals surface area contributed by atoms with Gasteiger partial charge < -0.3 is 20.0 Å². The van der Waals surface area contributed by atoms with Gasteiger partial charge in [0.05, 0.1) is 18.7 Å². The molecule has 8 nitrogen and oxygen atoms in total. The predicted octanol–water partition coefficient (Wildman–Crippen LogP) is 1.06. The standard InChI is InChI=1S/C20H24N4O4S/c1-22-10-15(25)21-17-16(20(22)28)12-6-8-23(9-14(12)29-17)19(27)13-3-2-7-24(13)18(26)11-4-5-11/h11,13H,2-10H2,1H3,(H,21,25)/t13-/m0/s1. The number of nitrogens with zero attached hydrogens (tertiary/aromatic N) is 3. The van der Waals surface area contributed by atoms with E-state index in [1.54, 1.807) is 11.9 Å². The average Bonchev–Trinajstić information content (AvgIpc) is 3.34. The van der Waals surface area contributed by atoms with Gasteiger partial charge in [0.15, 0.2) is 0 Å². The topological polar surface area (TPSA) is 90.0 Å². The number of likely N-dealkylation sites (N-methyl/N-ethyl adjacent to an activating group) is 1. The fraction of sp³-hybridized carbons (Fsp3) is 0.600. The quantitative estimate of drug-likeness (QED) is 0.781. The largest absolute Gasteiger partial charge is 0.335 e. The van der Waals surface area contributed by atoms with Crippen LogP contribution in [-0.2, 0) is 27.3 Å². The molecule has 1 aliphatic carbocycles. The summed E-state index contributed by atoms with van der Waals surface area (Å²) in [7, 11) is 1.63. The normalized spacial score (nSPS) is 24.2. The van der Waals surface area contributed by atoms with Gasteiger partial charge in [-0.1, -0.05) is 0 Å². The molecule has 4 amide bonds. The molecular weight excluding hydrogens is 392 g/mol. The van der Waals surface area contributed by atoms with Crippen molar-refractivity contribution in [1.29, 1.82) is 0 Å².